The fraction of sp³-hybridized carbons (Fsp3) is 0.333. The van der Waals surface area contributed by atoms with Crippen molar-refractivity contribution >= 4 is 35.1 Å². The van der Waals surface area contributed by atoms with Crippen molar-refractivity contribution in [2.45, 2.75) is 56.5 Å². The number of nitrogens with zero attached hydrogens (tertiary/aromatic N) is 4. The number of imidazole rings is 1. The Kier molecular flexibility index (Phi) is 6.42. The summed E-state index contributed by atoms with van der Waals surface area (Å²) in [6.45, 7) is 0. The number of aliphatic hydroxyl groups excluding tert-OH is 1. The van der Waals surface area contributed by atoms with Crippen molar-refractivity contribution in [1.82, 2.24) is 19.9 Å². The van der Waals surface area contributed by atoms with E-state index in [2.05, 4.69) is 51.7 Å². The SMILES string of the molecule is Cl.N#Cc1ccnc(Nc2cc(C3CC3)cc(-c3ccc4nc([C@H]5CC[C@H](O)CC5)[nH]c4c3)n2)c1. The first-order valence-corrected chi connectivity index (χ1v) is 12.0. The molecule has 0 saturated heterocycles. The van der Waals surface area contributed by atoms with Gasteiger partial charge in [-0.2, -0.15) is 5.26 Å². The van der Waals surface area contributed by atoms with Gasteiger partial charge in [0.05, 0.1) is 34.5 Å². The van der Waals surface area contributed by atoms with Crippen LogP contribution in [0.5, 0.6) is 0 Å². The third-order valence-electron chi connectivity index (χ3n) is 6.92. The van der Waals surface area contributed by atoms with Crippen molar-refractivity contribution in [1.29, 1.82) is 5.26 Å². The van der Waals surface area contributed by atoms with Gasteiger partial charge >= 0.3 is 0 Å². The Labute approximate surface area is 210 Å². The minimum atomic E-state index is -0.169. The average Bonchev–Trinajstić information content (AvgIpc) is 3.63. The van der Waals surface area contributed by atoms with Crippen LogP contribution >= 0.6 is 12.4 Å². The Morgan fingerprint density at radius 2 is 1.71 bits per heavy atom. The van der Waals surface area contributed by atoms with Gasteiger partial charge in [-0.3, -0.25) is 0 Å². The normalized spacial score (nSPS) is 19.7. The number of aromatic nitrogens is 4. The highest BCUT2D eigenvalue weighted by Crippen LogP contribution is 2.42. The molecule has 3 heterocycles. The van der Waals surface area contributed by atoms with E-state index in [4.69, 9.17) is 9.97 Å². The Bertz CT molecular complexity index is 1400. The molecule has 2 saturated carbocycles. The Hall–Kier alpha value is -3.47. The largest absolute Gasteiger partial charge is 0.393 e. The molecule has 0 spiro atoms. The van der Waals surface area contributed by atoms with E-state index in [0.29, 0.717) is 23.2 Å². The summed E-state index contributed by atoms with van der Waals surface area (Å²) < 4.78 is 0. The zero-order chi connectivity index (χ0) is 23.1. The fourth-order valence-corrected chi connectivity index (χ4v) is 4.85. The molecule has 0 amide bonds. The summed E-state index contributed by atoms with van der Waals surface area (Å²) in [4.78, 5) is 17.6. The molecule has 7 nitrogen and oxygen atoms in total. The number of rotatable bonds is 5. The molecule has 3 N–H and O–H groups in total. The van der Waals surface area contributed by atoms with Crippen molar-refractivity contribution < 1.29 is 5.11 Å². The number of pyridine rings is 2. The summed E-state index contributed by atoms with van der Waals surface area (Å²) in [6, 6.07) is 16.1. The first kappa shape index (κ1) is 23.3. The first-order valence-electron chi connectivity index (χ1n) is 12.0. The smallest absolute Gasteiger partial charge is 0.132 e. The minimum Gasteiger partial charge on any atom is -0.393 e. The van der Waals surface area contributed by atoms with Crippen LogP contribution < -0.4 is 5.32 Å². The molecular weight excluding hydrogens is 460 g/mol. The number of benzene rings is 1. The van der Waals surface area contributed by atoms with E-state index in [1.807, 2.05) is 0 Å². The molecule has 0 bridgehead atoms. The summed E-state index contributed by atoms with van der Waals surface area (Å²) in [5, 5.41) is 22.3. The van der Waals surface area contributed by atoms with Crippen LogP contribution in [0.15, 0.2) is 48.7 Å². The van der Waals surface area contributed by atoms with Gasteiger partial charge in [0.15, 0.2) is 0 Å². The minimum absolute atomic E-state index is 0. The van der Waals surface area contributed by atoms with Gasteiger partial charge in [0.2, 0.25) is 0 Å². The predicted octanol–water partition coefficient (Wildman–Crippen LogP) is 5.95. The lowest BCUT2D eigenvalue weighted by atomic mass is 9.87. The molecule has 2 aliphatic rings. The van der Waals surface area contributed by atoms with E-state index in [9.17, 15) is 10.4 Å². The number of hydrogen-bond acceptors (Lipinski definition) is 6. The number of H-pyrrole nitrogens is 1. The van der Waals surface area contributed by atoms with Gasteiger partial charge in [0.1, 0.15) is 17.5 Å². The van der Waals surface area contributed by atoms with Gasteiger partial charge in [-0.1, -0.05) is 6.07 Å². The van der Waals surface area contributed by atoms with Gasteiger partial charge < -0.3 is 15.4 Å². The summed E-state index contributed by atoms with van der Waals surface area (Å²) in [5.41, 5.74) is 5.74. The molecule has 0 aliphatic heterocycles. The highest BCUT2D eigenvalue weighted by molar-refractivity contribution is 5.85. The zero-order valence-corrected chi connectivity index (χ0v) is 20.1. The summed E-state index contributed by atoms with van der Waals surface area (Å²) in [5.74, 6) is 3.31. The number of anilines is 2. The van der Waals surface area contributed by atoms with Gasteiger partial charge in [-0.05, 0) is 86.4 Å². The van der Waals surface area contributed by atoms with Crippen LogP contribution in [0, 0.1) is 11.3 Å². The van der Waals surface area contributed by atoms with Gasteiger partial charge in [0.25, 0.3) is 0 Å². The Morgan fingerprint density at radius 1 is 0.914 bits per heavy atom. The topological polar surface area (TPSA) is 111 Å². The van der Waals surface area contributed by atoms with E-state index >= 15 is 0 Å². The number of hydrogen-bond donors (Lipinski definition) is 3. The molecule has 1 aromatic carbocycles. The van der Waals surface area contributed by atoms with Crippen LogP contribution in [0.25, 0.3) is 22.3 Å². The lowest BCUT2D eigenvalue weighted by Gasteiger charge is -2.23. The maximum atomic E-state index is 9.82. The van der Waals surface area contributed by atoms with Crippen LogP contribution in [0.1, 0.15) is 67.3 Å². The van der Waals surface area contributed by atoms with Crippen LogP contribution in [0.3, 0.4) is 0 Å². The van der Waals surface area contributed by atoms with Crippen molar-refractivity contribution in [3.05, 3.63) is 65.6 Å². The third-order valence-corrected chi connectivity index (χ3v) is 6.92. The third kappa shape index (κ3) is 5.00. The van der Waals surface area contributed by atoms with Crippen LogP contribution in [-0.4, -0.2) is 31.1 Å². The second-order valence-electron chi connectivity index (χ2n) is 9.47. The second-order valence-corrected chi connectivity index (χ2v) is 9.47. The standard InChI is InChI=1S/C27H26N6O.ClH/c28-15-16-9-10-29-25(11-16)33-26-14-20(17-1-2-17)13-23(30-26)19-5-8-22-24(12-19)32-27(31-22)18-3-6-21(34)7-4-18;/h5,8-14,17-18,21,34H,1-4,6-7H2,(H,31,32)(H,29,30,33);1H/t18-,21-;. The van der Waals surface area contributed by atoms with Gasteiger partial charge in [0, 0.05) is 17.7 Å². The average molecular weight is 487 g/mol. The number of nitrogens with one attached hydrogen (secondary N) is 2. The molecule has 0 atom stereocenters. The lowest BCUT2D eigenvalue weighted by molar-refractivity contribution is 0.121. The van der Waals surface area contributed by atoms with Crippen LogP contribution in [0.4, 0.5) is 11.6 Å². The lowest BCUT2D eigenvalue weighted by Crippen LogP contribution is -2.17. The molecule has 0 radical (unpaired) electrons. The maximum Gasteiger partial charge on any atom is 0.132 e. The molecule has 4 aromatic rings. The second kappa shape index (κ2) is 9.65. The van der Waals surface area contributed by atoms with Crippen molar-refractivity contribution in [2.75, 3.05) is 5.32 Å². The summed E-state index contributed by atoms with van der Waals surface area (Å²) >= 11 is 0. The predicted molar refractivity (Wildman–Crippen MR) is 138 cm³/mol. The maximum absolute atomic E-state index is 9.82. The van der Waals surface area contributed by atoms with Crippen LogP contribution in [0.2, 0.25) is 0 Å². The Balaban J connectivity index is 0.00000253. The van der Waals surface area contributed by atoms with Gasteiger partial charge in [-0.15, -0.1) is 12.4 Å². The molecule has 35 heavy (non-hydrogen) atoms. The summed E-state index contributed by atoms with van der Waals surface area (Å²) in [7, 11) is 0. The van der Waals surface area contributed by atoms with Crippen molar-refractivity contribution in [2.24, 2.45) is 0 Å². The van der Waals surface area contributed by atoms with E-state index in [1.54, 1.807) is 18.3 Å². The molecule has 178 valence electrons. The number of nitriles is 1. The number of aromatic amines is 1. The molecule has 2 aliphatic carbocycles. The van der Waals surface area contributed by atoms with Gasteiger partial charge in [-0.25, -0.2) is 15.0 Å². The molecule has 3 aromatic heterocycles. The summed E-state index contributed by atoms with van der Waals surface area (Å²) in [6.07, 6.45) is 7.47. The number of halogens is 1. The number of fused-ring (bicyclic) bond motifs is 1. The Morgan fingerprint density at radius 3 is 2.49 bits per heavy atom. The van der Waals surface area contributed by atoms with E-state index in [0.717, 1.165) is 59.6 Å². The molecule has 0 unspecified atom stereocenters. The monoisotopic (exact) mass is 486 g/mol. The van der Waals surface area contributed by atoms with Crippen LogP contribution in [-0.2, 0) is 0 Å². The number of aliphatic hydroxyl groups is 1. The van der Waals surface area contributed by atoms with E-state index in [1.165, 1.54) is 18.4 Å². The zero-order valence-electron chi connectivity index (χ0n) is 19.2. The van der Waals surface area contributed by atoms with E-state index in [-0.39, 0.29) is 18.5 Å². The van der Waals surface area contributed by atoms with Crippen molar-refractivity contribution in [3.63, 3.8) is 0 Å². The first-order chi connectivity index (χ1) is 16.6. The quantitative estimate of drug-likeness (QED) is 0.321. The highest BCUT2D eigenvalue weighted by atomic mass is 35.5. The van der Waals surface area contributed by atoms with E-state index < -0.39 is 0 Å². The van der Waals surface area contributed by atoms with Crippen molar-refractivity contribution in [3.8, 4) is 17.3 Å². The molecule has 6 rings (SSSR count). The molecule has 2 fully saturated rings. The fourth-order valence-electron chi connectivity index (χ4n) is 4.85. The molecular formula is C27H27ClN6O. The molecule has 8 heteroatoms. The highest BCUT2D eigenvalue weighted by Gasteiger charge is 2.26.